The van der Waals surface area contributed by atoms with Crippen LogP contribution in [0.1, 0.15) is 4.88 Å². The van der Waals surface area contributed by atoms with Crippen LogP contribution in [0.5, 0.6) is 0 Å². The largest absolute Gasteiger partial charge is 0.368 e. The van der Waals surface area contributed by atoms with Gasteiger partial charge in [-0.15, -0.1) is 11.3 Å². The number of rotatable bonds is 3. The molecule has 1 saturated heterocycles. The van der Waals surface area contributed by atoms with Crippen molar-refractivity contribution in [2.24, 2.45) is 0 Å². The smallest absolute Gasteiger partial charge is 0.246 e. The summed E-state index contributed by atoms with van der Waals surface area (Å²) in [7, 11) is 0. The van der Waals surface area contributed by atoms with Gasteiger partial charge in [0.2, 0.25) is 5.91 Å². The van der Waals surface area contributed by atoms with Gasteiger partial charge in [0, 0.05) is 47.8 Å². The first-order chi connectivity index (χ1) is 10.7. The summed E-state index contributed by atoms with van der Waals surface area (Å²) < 4.78 is 0. The Kier molecular flexibility index (Phi) is 4.80. The summed E-state index contributed by atoms with van der Waals surface area (Å²) in [5.74, 6) is 0.0825. The summed E-state index contributed by atoms with van der Waals surface area (Å²) >= 11 is 7.67. The van der Waals surface area contributed by atoms with Crippen LogP contribution < -0.4 is 4.90 Å². The van der Waals surface area contributed by atoms with Crippen LogP contribution in [0.4, 0.5) is 5.69 Å². The highest BCUT2D eigenvalue weighted by atomic mass is 35.5. The summed E-state index contributed by atoms with van der Waals surface area (Å²) in [4.78, 5) is 17.5. The molecule has 0 N–H and O–H groups in total. The van der Waals surface area contributed by atoms with Crippen molar-refractivity contribution in [1.29, 1.82) is 0 Å². The molecule has 1 aromatic carbocycles. The van der Waals surface area contributed by atoms with E-state index >= 15 is 0 Å². The topological polar surface area (TPSA) is 23.6 Å². The van der Waals surface area contributed by atoms with Crippen molar-refractivity contribution in [2.75, 3.05) is 31.1 Å². The Morgan fingerprint density at radius 2 is 1.95 bits per heavy atom. The van der Waals surface area contributed by atoms with E-state index in [1.165, 1.54) is 0 Å². The highest BCUT2D eigenvalue weighted by Crippen LogP contribution is 2.21. The van der Waals surface area contributed by atoms with E-state index in [1.54, 1.807) is 17.4 Å². The molecule has 5 heteroatoms. The zero-order valence-corrected chi connectivity index (χ0v) is 13.7. The van der Waals surface area contributed by atoms with Gasteiger partial charge in [-0.05, 0) is 35.7 Å². The zero-order valence-electron chi connectivity index (χ0n) is 12.1. The van der Waals surface area contributed by atoms with Gasteiger partial charge in [0.1, 0.15) is 0 Å². The van der Waals surface area contributed by atoms with Crippen molar-refractivity contribution in [3.63, 3.8) is 0 Å². The summed E-state index contributed by atoms with van der Waals surface area (Å²) in [6.07, 6.45) is 3.55. The van der Waals surface area contributed by atoms with Crippen molar-refractivity contribution >= 4 is 40.6 Å². The maximum Gasteiger partial charge on any atom is 0.246 e. The molecule has 0 radical (unpaired) electrons. The number of carbonyl (C=O) groups excluding carboxylic acids is 1. The zero-order chi connectivity index (χ0) is 15.4. The van der Waals surface area contributed by atoms with Gasteiger partial charge >= 0.3 is 0 Å². The molecular formula is C17H17ClN2OS. The minimum atomic E-state index is 0.0825. The van der Waals surface area contributed by atoms with Crippen LogP contribution in [0.2, 0.25) is 5.02 Å². The van der Waals surface area contributed by atoms with E-state index in [0.717, 1.165) is 41.8 Å². The third-order valence-corrected chi connectivity index (χ3v) is 4.77. The summed E-state index contributed by atoms with van der Waals surface area (Å²) in [6.45, 7) is 3.14. The van der Waals surface area contributed by atoms with Gasteiger partial charge in [-0.1, -0.05) is 23.7 Å². The molecule has 3 nitrogen and oxygen atoms in total. The fourth-order valence-electron chi connectivity index (χ4n) is 2.50. The predicted octanol–water partition coefficient (Wildman–Crippen LogP) is 3.76. The molecule has 1 aliphatic rings. The monoisotopic (exact) mass is 332 g/mol. The van der Waals surface area contributed by atoms with E-state index in [-0.39, 0.29) is 5.91 Å². The lowest BCUT2D eigenvalue weighted by molar-refractivity contribution is -0.126. The number of benzene rings is 1. The fourth-order valence-corrected chi connectivity index (χ4v) is 3.31. The lowest BCUT2D eigenvalue weighted by Crippen LogP contribution is -2.48. The highest BCUT2D eigenvalue weighted by Gasteiger charge is 2.19. The second kappa shape index (κ2) is 6.99. The van der Waals surface area contributed by atoms with Crippen LogP contribution in [0.15, 0.2) is 47.9 Å². The number of thiophene rings is 1. The Morgan fingerprint density at radius 1 is 1.14 bits per heavy atom. The number of hydrogen-bond donors (Lipinski definition) is 0. The van der Waals surface area contributed by atoms with Gasteiger partial charge in [0.15, 0.2) is 0 Å². The molecule has 0 unspecified atom stereocenters. The molecule has 22 heavy (non-hydrogen) atoms. The van der Waals surface area contributed by atoms with Gasteiger partial charge in [-0.2, -0.15) is 0 Å². The van der Waals surface area contributed by atoms with Crippen LogP contribution in [0, 0.1) is 0 Å². The average molecular weight is 333 g/mol. The Labute approximate surface area is 139 Å². The number of nitrogens with zero attached hydrogens (tertiary/aromatic N) is 2. The molecule has 0 spiro atoms. The Morgan fingerprint density at radius 3 is 2.64 bits per heavy atom. The number of amides is 1. The van der Waals surface area contributed by atoms with Crippen LogP contribution in [-0.2, 0) is 4.79 Å². The maximum atomic E-state index is 12.2. The number of carbonyl (C=O) groups is 1. The third-order valence-electron chi connectivity index (χ3n) is 3.70. The summed E-state index contributed by atoms with van der Waals surface area (Å²) in [5.41, 5.74) is 1.12. The molecular weight excluding hydrogens is 316 g/mol. The normalized spacial score (nSPS) is 15.5. The van der Waals surface area contributed by atoms with Crippen molar-refractivity contribution in [3.8, 4) is 0 Å². The van der Waals surface area contributed by atoms with Crippen molar-refractivity contribution < 1.29 is 4.79 Å². The molecule has 0 bridgehead atoms. The van der Waals surface area contributed by atoms with E-state index in [0.29, 0.717) is 0 Å². The predicted molar refractivity (Wildman–Crippen MR) is 93.6 cm³/mol. The summed E-state index contributed by atoms with van der Waals surface area (Å²) in [5, 5.41) is 2.75. The van der Waals surface area contributed by atoms with E-state index < -0.39 is 0 Å². The Hall–Kier alpha value is -1.78. The molecule has 0 atom stereocenters. The van der Waals surface area contributed by atoms with Gasteiger partial charge in [0.25, 0.3) is 0 Å². The molecule has 0 aliphatic carbocycles. The minimum absolute atomic E-state index is 0.0825. The second-order valence-electron chi connectivity index (χ2n) is 5.14. The van der Waals surface area contributed by atoms with Crippen molar-refractivity contribution in [3.05, 3.63) is 57.8 Å². The van der Waals surface area contributed by atoms with Gasteiger partial charge in [0.05, 0.1) is 0 Å². The van der Waals surface area contributed by atoms with E-state index in [9.17, 15) is 4.79 Å². The molecule has 1 fully saturated rings. The number of halogens is 1. The van der Waals surface area contributed by atoms with Gasteiger partial charge in [-0.25, -0.2) is 0 Å². The molecule has 2 aromatic rings. The number of hydrogen-bond acceptors (Lipinski definition) is 3. The molecule has 0 saturated carbocycles. The maximum absolute atomic E-state index is 12.2. The first-order valence-corrected chi connectivity index (χ1v) is 8.49. The Bertz CT molecular complexity index is 661. The molecule has 3 rings (SSSR count). The number of anilines is 1. The first kappa shape index (κ1) is 15.1. The summed E-state index contributed by atoms with van der Waals surface area (Å²) in [6, 6.07) is 11.8. The third kappa shape index (κ3) is 3.70. The molecule has 114 valence electrons. The molecule has 1 aromatic heterocycles. The van der Waals surface area contributed by atoms with Crippen LogP contribution >= 0.6 is 22.9 Å². The quantitative estimate of drug-likeness (QED) is 0.799. The van der Waals surface area contributed by atoms with Crippen molar-refractivity contribution in [2.45, 2.75) is 0 Å². The first-order valence-electron chi connectivity index (χ1n) is 7.23. The van der Waals surface area contributed by atoms with Gasteiger partial charge < -0.3 is 9.80 Å². The van der Waals surface area contributed by atoms with Crippen LogP contribution in [0.3, 0.4) is 0 Å². The Balaban J connectivity index is 1.56. The second-order valence-corrected chi connectivity index (χ2v) is 6.56. The minimum Gasteiger partial charge on any atom is -0.368 e. The molecule has 2 heterocycles. The van der Waals surface area contributed by atoms with Crippen LogP contribution in [-0.4, -0.2) is 37.0 Å². The van der Waals surface area contributed by atoms with E-state index in [1.807, 2.05) is 46.7 Å². The fraction of sp³-hybridized carbons (Fsp3) is 0.235. The lowest BCUT2D eigenvalue weighted by Gasteiger charge is -2.35. The van der Waals surface area contributed by atoms with E-state index in [2.05, 4.69) is 11.0 Å². The molecule has 1 aliphatic heterocycles. The standard InChI is InChI=1S/C17H17ClN2OS/c18-14-3-1-4-15(13-14)19-8-10-20(11-9-19)17(21)7-6-16-5-2-12-22-16/h1-7,12-13H,8-11H2/b7-6-. The van der Waals surface area contributed by atoms with Crippen molar-refractivity contribution in [1.82, 2.24) is 4.90 Å². The highest BCUT2D eigenvalue weighted by molar-refractivity contribution is 7.10. The average Bonchev–Trinajstić information content (AvgIpc) is 3.06. The van der Waals surface area contributed by atoms with Gasteiger partial charge in [-0.3, -0.25) is 4.79 Å². The lowest BCUT2D eigenvalue weighted by atomic mass is 10.2. The SMILES string of the molecule is O=C(/C=C\c1cccs1)N1CCN(c2cccc(Cl)c2)CC1. The van der Waals surface area contributed by atoms with Crippen LogP contribution in [0.25, 0.3) is 6.08 Å². The molecule has 1 amide bonds. The number of piperazine rings is 1. The van der Waals surface area contributed by atoms with E-state index in [4.69, 9.17) is 11.6 Å².